The Bertz CT molecular complexity index is 737. The summed E-state index contributed by atoms with van der Waals surface area (Å²) in [6, 6.07) is 14.6. The van der Waals surface area contributed by atoms with Gasteiger partial charge in [-0.25, -0.2) is 0 Å². The first-order chi connectivity index (χ1) is 12.6. The highest BCUT2D eigenvalue weighted by Gasteiger charge is 2.13. The van der Waals surface area contributed by atoms with Gasteiger partial charge in [-0.3, -0.25) is 9.59 Å². The van der Waals surface area contributed by atoms with E-state index in [0.717, 1.165) is 17.7 Å². The monoisotopic (exact) mass is 354 g/mol. The van der Waals surface area contributed by atoms with Crippen LogP contribution in [0.2, 0.25) is 0 Å². The number of nitrogens with one attached hydrogen (secondary N) is 1. The van der Waals surface area contributed by atoms with Crippen LogP contribution in [-0.4, -0.2) is 43.5 Å². The lowest BCUT2D eigenvalue weighted by Crippen LogP contribution is -2.30. The quantitative estimate of drug-likeness (QED) is 0.792. The van der Waals surface area contributed by atoms with Crippen molar-refractivity contribution in [3.05, 3.63) is 65.2 Å². The van der Waals surface area contributed by atoms with Gasteiger partial charge in [0.2, 0.25) is 0 Å². The molecule has 26 heavy (non-hydrogen) atoms. The molecule has 0 aliphatic rings. The fourth-order valence-corrected chi connectivity index (χ4v) is 2.71. The van der Waals surface area contributed by atoms with Crippen molar-refractivity contribution < 1.29 is 14.3 Å². The summed E-state index contributed by atoms with van der Waals surface area (Å²) in [5, 5.41) is 2.90. The Hall–Kier alpha value is -2.82. The van der Waals surface area contributed by atoms with E-state index in [1.54, 1.807) is 36.3 Å². The van der Waals surface area contributed by atoms with Gasteiger partial charge in [0.1, 0.15) is 5.75 Å². The predicted molar refractivity (Wildman–Crippen MR) is 103 cm³/mol. The molecule has 0 heterocycles. The third-order valence-corrected chi connectivity index (χ3v) is 4.28. The van der Waals surface area contributed by atoms with E-state index in [2.05, 4.69) is 5.32 Å². The second-order valence-electron chi connectivity index (χ2n) is 5.91. The van der Waals surface area contributed by atoms with Crippen LogP contribution >= 0.6 is 0 Å². The first-order valence-electron chi connectivity index (χ1n) is 8.89. The van der Waals surface area contributed by atoms with Gasteiger partial charge in [0.05, 0.1) is 7.11 Å². The van der Waals surface area contributed by atoms with Gasteiger partial charge in [-0.2, -0.15) is 0 Å². The Labute approximate surface area is 155 Å². The number of hydrogen-bond donors (Lipinski definition) is 1. The van der Waals surface area contributed by atoms with Crippen molar-refractivity contribution in [2.75, 3.05) is 26.7 Å². The zero-order chi connectivity index (χ0) is 18.9. The molecule has 0 aromatic heterocycles. The molecular weight excluding hydrogens is 328 g/mol. The highest BCUT2D eigenvalue weighted by atomic mass is 16.5. The number of carbonyl (C=O) groups is 2. The van der Waals surface area contributed by atoms with Crippen molar-refractivity contribution in [3.8, 4) is 5.75 Å². The standard InChI is InChI=1S/C21H26N2O3/c1-4-23(5-2)21(25)18-11-9-17(10-12-18)20(24)22-14-13-16-7-6-8-19(15-16)26-3/h6-12,15H,4-5,13-14H2,1-3H3,(H,22,24). The van der Waals surface area contributed by atoms with E-state index in [1.807, 2.05) is 38.1 Å². The lowest BCUT2D eigenvalue weighted by atomic mass is 10.1. The number of methoxy groups -OCH3 is 1. The summed E-state index contributed by atoms with van der Waals surface area (Å²) in [6.45, 7) is 5.77. The Morgan fingerprint density at radius 3 is 2.27 bits per heavy atom. The predicted octanol–water partition coefficient (Wildman–Crippen LogP) is 3.15. The average molecular weight is 354 g/mol. The second kappa shape index (κ2) is 9.61. The number of nitrogens with zero attached hydrogens (tertiary/aromatic N) is 1. The lowest BCUT2D eigenvalue weighted by molar-refractivity contribution is 0.0772. The molecule has 0 aliphatic heterocycles. The Morgan fingerprint density at radius 2 is 1.65 bits per heavy atom. The topological polar surface area (TPSA) is 58.6 Å². The molecule has 2 aromatic rings. The van der Waals surface area contributed by atoms with Crippen molar-refractivity contribution >= 4 is 11.8 Å². The third-order valence-electron chi connectivity index (χ3n) is 4.28. The van der Waals surface area contributed by atoms with Crippen LogP contribution in [0.3, 0.4) is 0 Å². The van der Waals surface area contributed by atoms with E-state index >= 15 is 0 Å². The Balaban J connectivity index is 1.90. The zero-order valence-electron chi connectivity index (χ0n) is 15.6. The van der Waals surface area contributed by atoms with Gasteiger partial charge in [-0.1, -0.05) is 12.1 Å². The summed E-state index contributed by atoms with van der Waals surface area (Å²) in [7, 11) is 1.63. The normalized spacial score (nSPS) is 10.3. The van der Waals surface area contributed by atoms with Crippen LogP contribution in [0, 0.1) is 0 Å². The van der Waals surface area contributed by atoms with Crippen LogP contribution in [0.1, 0.15) is 40.1 Å². The summed E-state index contributed by atoms with van der Waals surface area (Å²) in [5.41, 5.74) is 2.25. The van der Waals surface area contributed by atoms with Crippen LogP contribution in [0.4, 0.5) is 0 Å². The molecule has 138 valence electrons. The molecular formula is C21H26N2O3. The number of hydrogen-bond acceptors (Lipinski definition) is 3. The van der Waals surface area contributed by atoms with Gasteiger partial charge in [0, 0.05) is 30.8 Å². The zero-order valence-corrected chi connectivity index (χ0v) is 15.6. The molecule has 2 amide bonds. The van der Waals surface area contributed by atoms with E-state index in [0.29, 0.717) is 30.8 Å². The first kappa shape index (κ1) is 19.5. The summed E-state index contributed by atoms with van der Waals surface area (Å²) in [6.07, 6.45) is 0.724. The Kier molecular flexibility index (Phi) is 7.21. The summed E-state index contributed by atoms with van der Waals surface area (Å²) in [5.74, 6) is 0.650. The van der Waals surface area contributed by atoms with Gasteiger partial charge < -0.3 is 15.0 Å². The number of benzene rings is 2. The van der Waals surface area contributed by atoms with Crippen LogP contribution in [-0.2, 0) is 6.42 Å². The average Bonchev–Trinajstić information content (AvgIpc) is 2.69. The molecule has 0 fully saturated rings. The minimum Gasteiger partial charge on any atom is -0.497 e. The summed E-state index contributed by atoms with van der Waals surface area (Å²) >= 11 is 0. The molecule has 5 nitrogen and oxygen atoms in total. The minimum absolute atomic E-state index is 0.0139. The van der Waals surface area contributed by atoms with E-state index in [4.69, 9.17) is 4.74 Å². The molecule has 2 rings (SSSR count). The van der Waals surface area contributed by atoms with Crippen molar-refractivity contribution in [2.45, 2.75) is 20.3 Å². The Morgan fingerprint density at radius 1 is 1.00 bits per heavy atom. The van der Waals surface area contributed by atoms with E-state index in [1.165, 1.54) is 0 Å². The van der Waals surface area contributed by atoms with Crippen LogP contribution < -0.4 is 10.1 Å². The molecule has 0 spiro atoms. The molecule has 0 saturated heterocycles. The van der Waals surface area contributed by atoms with Gasteiger partial charge >= 0.3 is 0 Å². The molecule has 0 atom stereocenters. The SMILES string of the molecule is CCN(CC)C(=O)c1ccc(C(=O)NCCc2cccc(OC)c2)cc1. The molecule has 2 aromatic carbocycles. The van der Waals surface area contributed by atoms with Crippen molar-refractivity contribution in [1.82, 2.24) is 10.2 Å². The minimum atomic E-state index is -0.144. The van der Waals surface area contributed by atoms with Gasteiger partial charge in [-0.15, -0.1) is 0 Å². The summed E-state index contributed by atoms with van der Waals surface area (Å²) in [4.78, 5) is 26.3. The molecule has 0 aliphatic carbocycles. The number of rotatable bonds is 8. The van der Waals surface area contributed by atoms with Gasteiger partial charge in [0.15, 0.2) is 0 Å². The second-order valence-corrected chi connectivity index (χ2v) is 5.91. The van der Waals surface area contributed by atoms with Crippen LogP contribution in [0.15, 0.2) is 48.5 Å². The third kappa shape index (κ3) is 5.09. The molecule has 0 radical (unpaired) electrons. The van der Waals surface area contributed by atoms with Gasteiger partial charge in [-0.05, 0) is 62.2 Å². The van der Waals surface area contributed by atoms with E-state index in [-0.39, 0.29) is 11.8 Å². The first-order valence-corrected chi connectivity index (χ1v) is 8.89. The summed E-state index contributed by atoms with van der Waals surface area (Å²) < 4.78 is 5.20. The highest BCUT2D eigenvalue weighted by Crippen LogP contribution is 2.13. The molecule has 0 bridgehead atoms. The number of ether oxygens (including phenoxy) is 1. The smallest absolute Gasteiger partial charge is 0.253 e. The van der Waals surface area contributed by atoms with E-state index in [9.17, 15) is 9.59 Å². The largest absolute Gasteiger partial charge is 0.497 e. The maximum absolute atomic E-state index is 12.3. The maximum Gasteiger partial charge on any atom is 0.253 e. The van der Waals surface area contributed by atoms with Gasteiger partial charge in [0.25, 0.3) is 11.8 Å². The number of amides is 2. The molecule has 1 N–H and O–H groups in total. The van der Waals surface area contributed by atoms with Crippen LogP contribution in [0.5, 0.6) is 5.75 Å². The molecule has 0 saturated carbocycles. The molecule has 0 unspecified atom stereocenters. The lowest BCUT2D eigenvalue weighted by Gasteiger charge is -2.18. The fourth-order valence-electron chi connectivity index (χ4n) is 2.71. The van der Waals surface area contributed by atoms with E-state index < -0.39 is 0 Å². The fraction of sp³-hybridized carbons (Fsp3) is 0.333. The van der Waals surface area contributed by atoms with Crippen molar-refractivity contribution in [2.24, 2.45) is 0 Å². The number of carbonyl (C=O) groups excluding carboxylic acids is 2. The van der Waals surface area contributed by atoms with Crippen LogP contribution in [0.25, 0.3) is 0 Å². The molecule has 5 heteroatoms. The van der Waals surface area contributed by atoms with Crippen molar-refractivity contribution in [1.29, 1.82) is 0 Å². The van der Waals surface area contributed by atoms with Crippen molar-refractivity contribution in [3.63, 3.8) is 0 Å². The highest BCUT2D eigenvalue weighted by molar-refractivity contribution is 5.97. The maximum atomic E-state index is 12.3.